The number of amides is 1. The molecule has 0 heterocycles. The SMILES string of the molecule is C#CC(C)(C)NC(C)C(=O)N(C)C. The highest BCUT2D eigenvalue weighted by atomic mass is 16.2. The van der Waals surface area contributed by atoms with Crippen molar-refractivity contribution in [2.45, 2.75) is 32.4 Å². The number of carbonyl (C=O) groups excluding carboxylic acids is 1. The maximum absolute atomic E-state index is 11.4. The fourth-order valence-corrected chi connectivity index (χ4v) is 1.03. The van der Waals surface area contributed by atoms with Crippen molar-refractivity contribution in [2.75, 3.05) is 14.1 Å². The predicted octanol–water partition coefficient (Wildman–Crippen LogP) is 0.464. The van der Waals surface area contributed by atoms with Gasteiger partial charge in [-0.15, -0.1) is 6.42 Å². The van der Waals surface area contributed by atoms with Crippen molar-refractivity contribution in [1.82, 2.24) is 10.2 Å². The molecule has 0 radical (unpaired) electrons. The van der Waals surface area contributed by atoms with E-state index in [1.54, 1.807) is 25.9 Å². The van der Waals surface area contributed by atoms with Crippen molar-refractivity contribution < 1.29 is 4.79 Å². The van der Waals surface area contributed by atoms with Crippen LogP contribution >= 0.6 is 0 Å². The molecule has 0 aromatic rings. The lowest BCUT2D eigenvalue weighted by atomic mass is 10.1. The minimum absolute atomic E-state index is 0.0309. The molecule has 0 aliphatic rings. The lowest BCUT2D eigenvalue weighted by Crippen LogP contribution is -2.50. The minimum Gasteiger partial charge on any atom is -0.347 e. The molecular weight excluding hydrogens is 164 g/mol. The van der Waals surface area contributed by atoms with E-state index in [4.69, 9.17) is 6.42 Å². The molecule has 0 aliphatic carbocycles. The largest absolute Gasteiger partial charge is 0.347 e. The van der Waals surface area contributed by atoms with Crippen LogP contribution in [0.1, 0.15) is 20.8 Å². The topological polar surface area (TPSA) is 32.3 Å². The fourth-order valence-electron chi connectivity index (χ4n) is 1.03. The summed E-state index contributed by atoms with van der Waals surface area (Å²) >= 11 is 0. The third kappa shape index (κ3) is 3.95. The van der Waals surface area contributed by atoms with Gasteiger partial charge in [0.2, 0.25) is 5.91 Å². The van der Waals surface area contributed by atoms with E-state index < -0.39 is 5.54 Å². The number of terminal acetylenes is 1. The molecule has 0 bridgehead atoms. The minimum atomic E-state index is -0.439. The molecule has 74 valence electrons. The average molecular weight is 182 g/mol. The van der Waals surface area contributed by atoms with Gasteiger partial charge in [-0.25, -0.2) is 0 Å². The van der Waals surface area contributed by atoms with Gasteiger partial charge in [0.1, 0.15) is 0 Å². The molecule has 3 nitrogen and oxygen atoms in total. The second-order valence-corrected chi connectivity index (χ2v) is 3.87. The zero-order chi connectivity index (χ0) is 10.6. The first-order chi connectivity index (χ1) is 5.80. The zero-order valence-electron chi connectivity index (χ0n) is 9.01. The molecular formula is C10H18N2O. The van der Waals surface area contributed by atoms with Gasteiger partial charge in [0, 0.05) is 14.1 Å². The normalized spacial score (nSPS) is 13.2. The fraction of sp³-hybridized carbons (Fsp3) is 0.700. The van der Waals surface area contributed by atoms with Crippen LogP contribution in [0.5, 0.6) is 0 Å². The lowest BCUT2D eigenvalue weighted by molar-refractivity contribution is -0.130. The highest BCUT2D eigenvalue weighted by Crippen LogP contribution is 2.02. The number of rotatable bonds is 3. The Bertz CT molecular complexity index is 226. The third-order valence-electron chi connectivity index (χ3n) is 1.75. The second-order valence-electron chi connectivity index (χ2n) is 3.87. The molecule has 3 heteroatoms. The summed E-state index contributed by atoms with van der Waals surface area (Å²) in [5.41, 5.74) is -0.439. The highest BCUT2D eigenvalue weighted by molar-refractivity contribution is 5.81. The van der Waals surface area contributed by atoms with Crippen LogP contribution in [0.3, 0.4) is 0 Å². The Hall–Kier alpha value is -1.01. The van der Waals surface area contributed by atoms with Crippen molar-refractivity contribution in [3.8, 4) is 12.3 Å². The van der Waals surface area contributed by atoms with Crippen molar-refractivity contribution in [2.24, 2.45) is 0 Å². The van der Waals surface area contributed by atoms with Crippen LogP contribution in [0.15, 0.2) is 0 Å². The molecule has 1 N–H and O–H groups in total. The van der Waals surface area contributed by atoms with E-state index in [1.807, 2.05) is 13.8 Å². The first-order valence-electron chi connectivity index (χ1n) is 4.27. The van der Waals surface area contributed by atoms with E-state index in [1.165, 1.54) is 0 Å². The molecule has 1 unspecified atom stereocenters. The van der Waals surface area contributed by atoms with Gasteiger partial charge < -0.3 is 4.90 Å². The summed E-state index contributed by atoms with van der Waals surface area (Å²) < 4.78 is 0. The summed E-state index contributed by atoms with van der Waals surface area (Å²) in [6.45, 7) is 5.54. The predicted molar refractivity (Wildman–Crippen MR) is 54.2 cm³/mol. The number of likely N-dealkylation sites (N-methyl/N-ethyl adjacent to an activating group) is 1. The lowest BCUT2D eigenvalue weighted by Gasteiger charge is -2.26. The molecule has 0 saturated carbocycles. The van der Waals surface area contributed by atoms with Gasteiger partial charge in [0.15, 0.2) is 0 Å². The van der Waals surface area contributed by atoms with E-state index >= 15 is 0 Å². The van der Waals surface area contributed by atoms with E-state index in [2.05, 4.69) is 11.2 Å². The molecule has 1 amide bonds. The standard InChI is InChI=1S/C10H18N2O/c1-7-10(3,4)11-8(2)9(13)12(5)6/h1,8,11H,2-6H3. The molecule has 0 aromatic heterocycles. The van der Waals surface area contributed by atoms with E-state index in [9.17, 15) is 4.79 Å². The van der Waals surface area contributed by atoms with Crippen molar-refractivity contribution in [1.29, 1.82) is 0 Å². The summed E-state index contributed by atoms with van der Waals surface area (Å²) in [6.07, 6.45) is 5.29. The van der Waals surface area contributed by atoms with Gasteiger partial charge in [-0.1, -0.05) is 5.92 Å². The van der Waals surface area contributed by atoms with Crippen LogP contribution in [0, 0.1) is 12.3 Å². The Morgan fingerprint density at radius 3 is 2.31 bits per heavy atom. The van der Waals surface area contributed by atoms with Gasteiger partial charge in [0.25, 0.3) is 0 Å². The van der Waals surface area contributed by atoms with Gasteiger partial charge in [-0.3, -0.25) is 10.1 Å². The van der Waals surface area contributed by atoms with Crippen LogP contribution < -0.4 is 5.32 Å². The molecule has 13 heavy (non-hydrogen) atoms. The van der Waals surface area contributed by atoms with Crippen LogP contribution in [-0.2, 0) is 4.79 Å². The van der Waals surface area contributed by atoms with Gasteiger partial charge in [0.05, 0.1) is 11.6 Å². The molecule has 1 atom stereocenters. The van der Waals surface area contributed by atoms with Crippen LogP contribution in [0.2, 0.25) is 0 Å². The van der Waals surface area contributed by atoms with E-state index in [0.717, 1.165) is 0 Å². The number of hydrogen-bond donors (Lipinski definition) is 1. The molecule has 0 spiro atoms. The number of nitrogens with one attached hydrogen (secondary N) is 1. The molecule has 0 aliphatic heterocycles. The van der Waals surface area contributed by atoms with E-state index in [0.29, 0.717) is 0 Å². The highest BCUT2D eigenvalue weighted by Gasteiger charge is 2.22. The van der Waals surface area contributed by atoms with Gasteiger partial charge in [-0.2, -0.15) is 0 Å². The smallest absolute Gasteiger partial charge is 0.238 e. The number of hydrogen-bond acceptors (Lipinski definition) is 2. The van der Waals surface area contributed by atoms with Gasteiger partial charge >= 0.3 is 0 Å². The van der Waals surface area contributed by atoms with Crippen molar-refractivity contribution in [3.63, 3.8) is 0 Å². The Balaban J connectivity index is 4.25. The van der Waals surface area contributed by atoms with Crippen LogP contribution in [-0.4, -0.2) is 36.5 Å². The summed E-state index contributed by atoms with van der Waals surface area (Å²) in [5.74, 6) is 2.62. The van der Waals surface area contributed by atoms with Crippen LogP contribution in [0.4, 0.5) is 0 Å². The maximum Gasteiger partial charge on any atom is 0.238 e. The molecule has 0 rings (SSSR count). The summed E-state index contributed by atoms with van der Waals surface area (Å²) in [5, 5.41) is 3.06. The first-order valence-corrected chi connectivity index (χ1v) is 4.27. The Kier molecular flexibility index (Phi) is 3.96. The van der Waals surface area contributed by atoms with Crippen molar-refractivity contribution in [3.05, 3.63) is 0 Å². The monoisotopic (exact) mass is 182 g/mol. The Labute approximate surface area is 80.5 Å². The molecule has 0 fully saturated rings. The zero-order valence-corrected chi connectivity index (χ0v) is 9.01. The van der Waals surface area contributed by atoms with Crippen molar-refractivity contribution >= 4 is 5.91 Å². The van der Waals surface area contributed by atoms with Gasteiger partial charge in [-0.05, 0) is 20.8 Å². The Morgan fingerprint density at radius 2 is 2.00 bits per heavy atom. The quantitative estimate of drug-likeness (QED) is 0.643. The van der Waals surface area contributed by atoms with E-state index in [-0.39, 0.29) is 11.9 Å². The maximum atomic E-state index is 11.4. The number of carbonyl (C=O) groups is 1. The molecule has 0 aromatic carbocycles. The van der Waals surface area contributed by atoms with Crippen LogP contribution in [0.25, 0.3) is 0 Å². The summed E-state index contributed by atoms with van der Waals surface area (Å²) in [4.78, 5) is 13.0. The molecule has 0 saturated heterocycles. The summed E-state index contributed by atoms with van der Waals surface area (Å²) in [6, 6.07) is -0.249. The summed E-state index contributed by atoms with van der Waals surface area (Å²) in [7, 11) is 3.45. The first kappa shape index (κ1) is 12.0. The Morgan fingerprint density at radius 1 is 1.54 bits per heavy atom. The third-order valence-corrected chi connectivity index (χ3v) is 1.75. The average Bonchev–Trinajstić information content (AvgIpc) is 2.02. The number of nitrogens with zero attached hydrogens (tertiary/aromatic N) is 1. The second kappa shape index (κ2) is 4.29.